The molecule has 0 aliphatic heterocycles. The molecule has 1 heterocycles. The smallest absolute Gasteiger partial charge is 0.254 e. The summed E-state index contributed by atoms with van der Waals surface area (Å²) in [6, 6.07) is 1.78. The Morgan fingerprint density at radius 3 is 2.89 bits per heavy atom. The van der Waals surface area contributed by atoms with Crippen LogP contribution >= 0.6 is 0 Å². The van der Waals surface area contributed by atoms with E-state index in [0.29, 0.717) is 12.1 Å². The molecule has 0 bridgehead atoms. The maximum atomic E-state index is 12.1. The van der Waals surface area contributed by atoms with Crippen LogP contribution in [0.3, 0.4) is 0 Å². The van der Waals surface area contributed by atoms with Crippen molar-refractivity contribution in [2.45, 2.75) is 25.5 Å². The third-order valence-corrected chi connectivity index (χ3v) is 4.05. The molecule has 0 spiro atoms. The molecular formula is C13H21N3O2S. The van der Waals surface area contributed by atoms with E-state index in [9.17, 15) is 9.00 Å². The Bertz CT molecular complexity index is 451. The second-order valence-corrected chi connectivity index (χ2v) is 6.17. The van der Waals surface area contributed by atoms with Crippen molar-refractivity contribution in [1.82, 2.24) is 10.3 Å². The Morgan fingerprint density at radius 2 is 2.26 bits per heavy atom. The van der Waals surface area contributed by atoms with Gasteiger partial charge in [-0.1, -0.05) is 6.92 Å². The molecule has 0 saturated heterocycles. The second kappa shape index (κ2) is 7.89. The first-order chi connectivity index (χ1) is 9.06. The quantitative estimate of drug-likeness (QED) is 0.793. The molecule has 0 aliphatic carbocycles. The number of carbonyl (C=O) groups is 1. The predicted molar refractivity (Wildman–Crippen MR) is 78.9 cm³/mol. The van der Waals surface area contributed by atoms with Crippen LogP contribution in [-0.4, -0.2) is 39.7 Å². The number of carbonyl (C=O) groups excluding carboxylic acids is 1. The maximum Gasteiger partial charge on any atom is 0.254 e. The lowest BCUT2D eigenvalue weighted by atomic mass is 10.2. The Labute approximate surface area is 116 Å². The number of nitrogens with one attached hydrogen (secondary N) is 2. The fraction of sp³-hybridized carbons (Fsp3) is 0.538. The lowest BCUT2D eigenvalue weighted by Crippen LogP contribution is -2.33. The Morgan fingerprint density at radius 1 is 1.53 bits per heavy atom. The Hall–Kier alpha value is -1.43. The molecule has 2 N–H and O–H groups in total. The summed E-state index contributed by atoms with van der Waals surface area (Å²) in [4.78, 5) is 16.0. The van der Waals surface area contributed by atoms with Crippen molar-refractivity contribution < 1.29 is 9.00 Å². The van der Waals surface area contributed by atoms with Crippen LogP contribution in [0.4, 0.5) is 5.69 Å². The van der Waals surface area contributed by atoms with Crippen LogP contribution in [0.1, 0.15) is 30.6 Å². The van der Waals surface area contributed by atoms with Gasteiger partial charge in [0.1, 0.15) is 0 Å². The monoisotopic (exact) mass is 283 g/mol. The van der Waals surface area contributed by atoms with Crippen LogP contribution in [0.5, 0.6) is 0 Å². The highest BCUT2D eigenvalue weighted by molar-refractivity contribution is 7.84. The number of hydrogen-bond acceptors (Lipinski definition) is 4. The van der Waals surface area contributed by atoms with Gasteiger partial charge in [-0.25, -0.2) is 0 Å². The average molecular weight is 283 g/mol. The molecule has 0 fully saturated rings. The fourth-order valence-corrected chi connectivity index (χ4v) is 1.76. The van der Waals surface area contributed by atoms with Gasteiger partial charge in [0.25, 0.3) is 5.91 Å². The van der Waals surface area contributed by atoms with E-state index in [1.54, 1.807) is 24.7 Å². The highest BCUT2D eigenvalue weighted by atomic mass is 32.2. The third kappa shape index (κ3) is 4.98. The average Bonchev–Trinajstić information content (AvgIpc) is 2.42. The number of aromatic nitrogens is 1. The van der Waals surface area contributed by atoms with Crippen molar-refractivity contribution in [2.75, 3.05) is 24.7 Å². The zero-order valence-corrected chi connectivity index (χ0v) is 12.4. The summed E-state index contributed by atoms with van der Waals surface area (Å²) in [6.07, 6.45) is 5.81. The molecule has 1 aromatic heterocycles. The van der Waals surface area contributed by atoms with Crippen LogP contribution in [0.25, 0.3) is 0 Å². The molecule has 0 saturated carbocycles. The summed E-state index contributed by atoms with van der Waals surface area (Å²) in [5, 5.41) is 5.92. The van der Waals surface area contributed by atoms with Gasteiger partial charge in [-0.05, 0) is 19.4 Å². The van der Waals surface area contributed by atoms with E-state index in [1.165, 1.54) is 0 Å². The maximum absolute atomic E-state index is 12.1. The first kappa shape index (κ1) is 15.6. The van der Waals surface area contributed by atoms with Gasteiger partial charge in [-0.3, -0.25) is 14.0 Å². The molecule has 0 aliphatic rings. The van der Waals surface area contributed by atoms with Crippen LogP contribution < -0.4 is 10.6 Å². The zero-order valence-electron chi connectivity index (χ0n) is 11.6. The summed E-state index contributed by atoms with van der Waals surface area (Å²) in [5.41, 5.74) is 1.30. The second-order valence-electron chi connectivity index (χ2n) is 4.37. The van der Waals surface area contributed by atoms with Gasteiger partial charge < -0.3 is 10.6 Å². The lowest BCUT2D eigenvalue weighted by molar-refractivity contribution is 0.0954. The minimum atomic E-state index is -0.939. The number of hydrogen-bond donors (Lipinski definition) is 2. The highest BCUT2D eigenvalue weighted by Crippen LogP contribution is 2.13. The Kier molecular flexibility index (Phi) is 6.49. The van der Waals surface area contributed by atoms with Gasteiger partial charge in [-0.15, -0.1) is 0 Å². The van der Waals surface area contributed by atoms with E-state index in [-0.39, 0.29) is 11.2 Å². The summed E-state index contributed by atoms with van der Waals surface area (Å²) in [7, 11) is -0.939. The molecule has 0 radical (unpaired) electrons. The van der Waals surface area contributed by atoms with Crippen molar-refractivity contribution in [1.29, 1.82) is 0 Å². The minimum Gasteiger partial charge on any atom is -0.384 e. The molecule has 1 amide bonds. The largest absolute Gasteiger partial charge is 0.384 e. The van der Waals surface area contributed by atoms with Gasteiger partial charge >= 0.3 is 0 Å². The number of pyridine rings is 1. The minimum absolute atomic E-state index is 0.0623. The lowest BCUT2D eigenvalue weighted by Gasteiger charge is -2.13. The fourth-order valence-electron chi connectivity index (χ4n) is 1.44. The topological polar surface area (TPSA) is 71.1 Å². The standard InChI is InChI=1S/C13H21N3O2S/c1-4-6-15-12-5-7-14-9-11(12)13(17)16-8-10(2)19(3)18/h5,7,9-10H,4,6,8H2,1-3H3,(H,14,15)(H,16,17). The van der Waals surface area contributed by atoms with Crippen molar-refractivity contribution in [2.24, 2.45) is 0 Å². The number of anilines is 1. The van der Waals surface area contributed by atoms with E-state index < -0.39 is 10.8 Å². The molecule has 19 heavy (non-hydrogen) atoms. The molecule has 106 valence electrons. The summed E-state index contributed by atoms with van der Waals surface area (Å²) >= 11 is 0. The van der Waals surface area contributed by atoms with Gasteiger partial charge in [0.2, 0.25) is 0 Å². The van der Waals surface area contributed by atoms with Crippen molar-refractivity contribution in [3.63, 3.8) is 0 Å². The van der Waals surface area contributed by atoms with E-state index >= 15 is 0 Å². The first-order valence-corrected chi connectivity index (χ1v) is 7.96. The van der Waals surface area contributed by atoms with Gasteiger partial charge in [-0.2, -0.15) is 0 Å². The Balaban J connectivity index is 2.68. The molecule has 2 unspecified atom stereocenters. The van der Waals surface area contributed by atoms with E-state index in [4.69, 9.17) is 0 Å². The summed E-state index contributed by atoms with van der Waals surface area (Å²) in [5.74, 6) is -0.191. The van der Waals surface area contributed by atoms with Crippen LogP contribution in [0, 0.1) is 0 Å². The van der Waals surface area contributed by atoms with Crippen molar-refractivity contribution in [3.8, 4) is 0 Å². The number of nitrogens with zero attached hydrogens (tertiary/aromatic N) is 1. The molecule has 6 heteroatoms. The van der Waals surface area contributed by atoms with Gasteiger partial charge in [0, 0.05) is 47.8 Å². The highest BCUT2D eigenvalue weighted by Gasteiger charge is 2.13. The van der Waals surface area contributed by atoms with E-state index in [2.05, 4.69) is 22.5 Å². The number of rotatable bonds is 7. The van der Waals surface area contributed by atoms with Crippen LogP contribution in [0.15, 0.2) is 18.5 Å². The zero-order chi connectivity index (χ0) is 14.3. The molecule has 1 aromatic rings. The molecular weight excluding hydrogens is 262 g/mol. The SMILES string of the molecule is CCCNc1ccncc1C(=O)NCC(C)S(C)=O. The first-order valence-electron chi connectivity index (χ1n) is 6.34. The van der Waals surface area contributed by atoms with E-state index in [0.717, 1.165) is 18.7 Å². The molecule has 1 rings (SSSR count). The van der Waals surface area contributed by atoms with Crippen molar-refractivity contribution in [3.05, 3.63) is 24.0 Å². The number of amides is 1. The predicted octanol–water partition coefficient (Wildman–Crippen LogP) is 1.40. The van der Waals surface area contributed by atoms with E-state index in [1.807, 2.05) is 6.92 Å². The van der Waals surface area contributed by atoms with Gasteiger partial charge in [0.15, 0.2) is 0 Å². The molecule has 0 aromatic carbocycles. The van der Waals surface area contributed by atoms with Crippen LogP contribution in [0.2, 0.25) is 0 Å². The van der Waals surface area contributed by atoms with Crippen molar-refractivity contribution >= 4 is 22.4 Å². The van der Waals surface area contributed by atoms with Crippen LogP contribution in [-0.2, 0) is 10.8 Å². The normalized spacial score (nSPS) is 13.6. The third-order valence-electron chi connectivity index (χ3n) is 2.75. The van der Waals surface area contributed by atoms with Gasteiger partial charge in [0.05, 0.1) is 11.3 Å². The molecule has 2 atom stereocenters. The molecule has 5 nitrogen and oxygen atoms in total. The summed E-state index contributed by atoms with van der Waals surface area (Å²) in [6.45, 7) is 5.10. The summed E-state index contributed by atoms with van der Waals surface area (Å²) < 4.78 is 11.2.